The summed E-state index contributed by atoms with van der Waals surface area (Å²) in [6, 6.07) is 0. The number of hydrogen-bond acceptors (Lipinski definition) is 5. The number of thiocarbonyl (C=S) groups is 1. The third kappa shape index (κ3) is 2.10. The lowest BCUT2D eigenvalue weighted by Crippen LogP contribution is -2.69. The molecular formula is C10H18N6S. The Hall–Kier alpha value is -0.920. The van der Waals surface area contributed by atoms with Crippen LogP contribution in [0.3, 0.4) is 0 Å². The van der Waals surface area contributed by atoms with Crippen molar-refractivity contribution in [2.45, 2.75) is 6.29 Å². The summed E-state index contributed by atoms with van der Waals surface area (Å²) in [7, 11) is 2.16. The minimum absolute atomic E-state index is 0.101. The van der Waals surface area contributed by atoms with Crippen LogP contribution in [0.15, 0.2) is 4.99 Å². The summed E-state index contributed by atoms with van der Waals surface area (Å²) >= 11 is 5.37. The maximum absolute atomic E-state index is 5.37. The van der Waals surface area contributed by atoms with Gasteiger partial charge < -0.3 is 15.5 Å². The molecule has 0 bridgehead atoms. The van der Waals surface area contributed by atoms with Gasteiger partial charge in [0.05, 0.1) is 6.54 Å². The van der Waals surface area contributed by atoms with E-state index >= 15 is 0 Å². The van der Waals surface area contributed by atoms with E-state index < -0.39 is 0 Å². The van der Waals surface area contributed by atoms with E-state index in [1.54, 1.807) is 0 Å². The molecule has 2 fully saturated rings. The molecule has 0 saturated carbocycles. The molecule has 94 valence electrons. The highest BCUT2D eigenvalue weighted by Gasteiger charge is 2.33. The van der Waals surface area contributed by atoms with Gasteiger partial charge in [0.2, 0.25) is 5.96 Å². The van der Waals surface area contributed by atoms with Crippen molar-refractivity contribution in [3.05, 3.63) is 0 Å². The summed E-state index contributed by atoms with van der Waals surface area (Å²) in [6.45, 7) is 6.03. The van der Waals surface area contributed by atoms with E-state index in [4.69, 9.17) is 12.2 Å². The number of nitrogens with zero attached hydrogens (tertiary/aromatic N) is 4. The molecule has 7 heteroatoms. The van der Waals surface area contributed by atoms with Crippen LogP contribution in [0.4, 0.5) is 0 Å². The predicted molar refractivity (Wildman–Crippen MR) is 70.7 cm³/mol. The Morgan fingerprint density at radius 2 is 1.94 bits per heavy atom. The fourth-order valence-corrected chi connectivity index (χ4v) is 2.67. The smallest absolute Gasteiger partial charge is 0.203 e. The molecule has 2 saturated heterocycles. The molecule has 0 aromatic carbocycles. The van der Waals surface area contributed by atoms with Crippen molar-refractivity contribution in [3.8, 4) is 0 Å². The zero-order chi connectivity index (χ0) is 11.8. The molecule has 0 aliphatic carbocycles. The van der Waals surface area contributed by atoms with Gasteiger partial charge in [0, 0.05) is 32.7 Å². The second kappa shape index (κ2) is 4.40. The third-order valence-electron chi connectivity index (χ3n) is 3.52. The van der Waals surface area contributed by atoms with Gasteiger partial charge in [0.1, 0.15) is 0 Å². The van der Waals surface area contributed by atoms with Crippen molar-refractivity contribution in [1.29, 1.82) is 0 Å². The summed E-state index contributed by atoms with van der Waals surface area (Å²) in [5.74, 6) is 0.928. The van der Waals surface area contributed by atoms with Crippen molar-refractivity contribution in [2.24, 2.45) is 4.99 Å². The van der Waals surface area contributed by atoms with Gasteiger partial charge in [0.15, 0.2) is 11.4 Å². The number of nitrogens with one attached hydrogen (secondary N) is 2. The largest absolute Gasteiger partial charge is 0.330 e. The second-order valence-corrected chi connectivity index (χ2v) is 5.08. The Morgan fingerprint density at radius 1 is 1.18 bits per heavy atom. The quantitative estimate of drug-likeness (QED) is 0.565. The van der Waals surface area contributed by atoms with Gasteiger partial charge in [-0.1, -0.05) is 0 Å². The fraction of sp³-hybridized carbons (Fsp3) is 0.800. The minimum atomic E-state index is 0.101. The average molecular weight is 254 g/mol. The molecule has 17 heavy (non-hydrogen) atoms. The van der Waals surface area contributed by atoms with Gasteiger partial charge in [-0.15, -0.1) is 0 Å². The first-order valence-corrected chi connectivity index (χ1v) is 6.46. The highest BCUT2D eigenvalue weighted by Crippen LogP contribution is 2.10. The minimum Gasteiger partial charge on any atom is -0.330 e. The first-order valence-electron chi connectivity index (χ1n) is 6.06. The lowest BCUT2D eigenvalue weighted by molar-refractivity contribution is 0.0912. The number of likely N-dealkylation sites (N-methyl/N-ethyl adjacent to an activating group) is 1. The molecule has 0 spiro atoms. The van der Waals surface area contributed by atoms with Crippen LogP contribution < -0.4 is 10.6 Å². The van der Waals surface area contributed by atoms with Gasteiger partial charge in [-0.25, -0.2) is 0 Å². The number of piperazine rings is 1. The van der Waals surface area contributed by atoms with Crippen LogP contribution in [0.2, 0.25) is 0 Å². The molecule has 6 nitrogen and oxygen atoms in total. The van der Waals surface area contributed by atoms with E-state index in [1.165, 1.54) is 0 Å². The summed E-state index contributed by atoms with van der Waals surface area (Å²) in [6.07, 6.45) is 0.101. The van der Waals surface area contributed by atoms with Crippen molar-refractivity contribution in [1.82, 2.24) is 25.3 Å². The van der Waals surface area contributed by atoms with Crippen LogP contribution in [0.1, 0.15) is 0 Å². The SMILES string of the molecule is CN1CCN(C2NC(=S)N3CCN=C3N2)CC1. The van der Waals surface area contributed by atoms with Crippen LogP contribution in [0.5, 0.6) is 0 Å². The van der Waals surface area contributed by atoms with Crippen molar-refractivity contribution >= 4 is 23.3 Å². The zero-order valence-electron chi connectivity index (χ0n) is 10.0. The topological polar surface area (TPSA) is 46.1 Å². The van der Waals surface area contributed by atoms with Gasteiger partial charge in [-0.05, 0) is 19.3 Å². The Balaban J connectivity index is 1.66. The molecular weight excluding hydrogens is 236 g/mol. The third-order valence-corrected chi connectivity index (χ3v) is 3.85. The monoisotopic (exact) mass is 254 g/mol. The highest BCUT2D eigenvalue weighted by molar-refractivity contribution is 7.80. The standard InChI is InChI=1S/C10H18N6S/c1-14-4-6-15(7-5-14)9-12-8-11-2-3-16(8)10(17)13-9/h9H,2-7H2,1H3,(H,11,12)(H,13,17). The van der Waals surface area contributed by atoms with E-state index in [0.29, 0.717) is 0 Å². The molecule has 3 heterocycles. The summed E-state index contributed by atoms with van der Waals surface area (Å²) in [5.41, 5.74) is 0. The van der Waals surface area contributed by atoms with Gasteiger partial charge in [-0.3, -0.25) is 14.8 Å². The van der Waals surface area contributed by atoms with Crippen LogP contribution in [0.25, 0.3) is 0 Å². The second-order valence-electron chi connectivity index (χ2n) is 4.69. The van der Waals surface area contributed by atoms with Crippen molar-refractivity contribution < 1.29 is 0 Å². The number of aliphatic imine (C=N–C) groups is 1. The van der Waals surface area contributed by atoms with E-state index in [1.807, 2.05) is 4.90 Å². The Morgan fingerprint density at radius 3 is 2.71 bits per heavy atom. The molecule has 3 aliphatic rings. The van der Waals surface area contributed by atoms with Crippen LogP contribution in [-0.4, -0.2) is 78.4 Å². The maximum atomic E-state index is 5.37. The molecule has 1 unspecified atom stereocenters. The van der Waals surface area contributed by atoms with Crippen molar-refractivity contribution in [3.63, 3.8) is 0 Å². The number of guanidine groups is 1. The first-order chi connectivity index (χ1) is 8.24. The summed E-state index contributed by atoms with van der Waals surface area (Å²) in [4.78, 5) is 11.2. The normalized spacial score (nSPS) is 30.6. The average Bonchev–Trinajstić information content (AvgIpc) is 2.78. The number of rotatable bonds is 1. The molecule has 3 aliphatic heterocycles. The van der Waals surface area contributed by atoms with Gasteiger partial charge >= 0.3 is 0 Å². The summed E-state index contributed by atoms with van der Waals surface area (Å²) < 4.78 is 0. The predicted octanol–water partition coefficient (Wildman–Crippen LogP) is -1.33. The Bertz CT molecular complexity index is 349. The molecule has 2 N–H and O–H groups in total. The molecule has 0 aromatic heterocycles. The first kappa shape index (κ1) is 11.2. The molecule has 1 atom stereocenters. The van der Waals surface area contributed by atoms with E-state index in [0.717, 1.165) is 50.3 Å². The van der Waals surface area contributed by atoms with E-state index in [9.17, 15) is 0 Å². The molecule has 3 rings (SSSR count). The lowest BCUT2D eigenvalue weighted by Gasteiger charge is -2.43. The van der Waals surface area contributed by atoms with Crippen molar-refractivity contribution in [2.75, 3.05) is 46.3 Å². The Kier molecular flexibility index (Phi) is 2.89. The molecule has 0 amide bonds. The molecule has 0 aromatic rings. The number of hydrogen-bond donors (Lipinski definition) is 2. The Labute approximate surface area is 107 Å². The zero-order valence-corrected chi connectivity index (χ0v) is 10.8. The summed E-state index contributed by atoms with van der Waals surface area (Å²) in [5, 5.41) is 7.56. The van der Waals surface area contributed by atoms with E-state index in [-0.39, 0.29) is 6.29 Å². The van der Waals surface area contributed by atoms with Gasteiger partial charge in [0.25, 0.3) is 0 Å². The van der Waals surface area contributed by atoms with Gasteiger partial charge in [-0.2, -0.15) is 0 Å². The highest BCUT2D eigenvalue weighted by atomic mass is 32.1. The van der Waals surface area contributed by atoms with E-state index in [2.05, 4.69) is 32.5 Å². The molecule has 0 radical (unpaired) electrons. The lowest BCUT2D eigenvalue weighted by atomic mass is 10.3. The van der Waals surface area contributed by atoms with Crippen LogP contribution >= 0.6 is 12.2 Å². The maximum Gasteiger partial charge on any atom is 0.203 e. The van der Waals surface area contributed by atoms with Crippen LogP contribution in [0, 0.1) is 0 Å². The fourth-order valence-electron chi connectivity index (χ4n) is 2.38. The number of fused-ring (bicyclic) bond motifs is 1. The van der Waals surface area contributed by atoms with Crippen LogP contribution in [-0.2, 0) is 0 Å².